The van der Waals surface area contributed by atoms with Gasteiger partial charge in [0.15, 0.2) is 0 Å². The second-order valence-electron chi connectivity index (χ2n) is 16.1. The van der Waals surface area contributed by atoms with E-state index >= 15 is 0 Å². The van der Waals surface area contributed by atoms with Crippen molar-refractivity contribution in [3.05, 3.63) is 175 Å². The van der Waals surface area contributed by atoms with Crippen molar-refractivity contribution in [1.29, 1.82) is 0 Å². The van der Waals surface area contributed by atoms with E-state index < -0.39 is 0 Å². The van der Waals surface area contributed by atoms with E-state index in [1.54, 1.807) is 0 Å². The Morgan fingerprint density at radius 2 is 1.07 bits per heavy atom. The lowest BCUT2D eigenvalue weighted by molar-refractivity contribution is 0.657. The van der Waals surface area contributed by atoms with Crippen LogP contribution >= 0.6 is 11.3 Å². The van der Waals surface area contributed by atoms with E-state index in [1.165, 1.54) is 90.7 Å². The third kappa shape index (κ3) is 4.15. The largest absolute Gasteiger partial charge is 0.278 e. The molecule has 13 rings (SSSR count). The zero-order valence-corrected chi connectivity index (χ0v) is 32.2. The summed E-state index contributed by atoms with van der Waals surface area (Å²) in [5, 5.41) is 15.0. The van der Waals surface area contributed by atoms with Crippen LogP contribution in [0.15, 0.2) is 164 Å². The standard InChI is InChI=1S/C53H33N3S/c1-53(2)42-21-11-9-20-39(42)51-49(53)50(32-23-26-46-40(28-32)36-18-10-12-22-45(36)57-46)54-52(55-51)56-43-25-24-38-35-17-6-5-15-33(35)34-16-7-8-19-37(34)47(38)48(43)41-27-30-13-3-4-14-31(30)29-44(41)56/h3-29H,1-2H3. The van der Waals surface area contributed by atoms with Crippen molar-refractivity contribution in [3.63, 3.8) is 0 Å². The fourth-order valence-electron chi connectivity index (χ4n) is 10.2. The van der Waals surface area contributed by atoms with Gasteiger partial charge in [-0.05, 0) is 79.7 Å². The average Bonchev–Trinajstić information content (AvgIpc) is 3.87. The minimum atomic E-state index is -0.293. The summed E-state index contributed by atoms with van der Waals surface area (Å²) in [6, 6.07) is 60.3. The summed E-state index contributed by atoms with van der Waals surface area (Å²) in [6.07, 6.45) is 0. The predicted molar refractivity (Wildman–Crippen MR) is 242 cm³/mol. The molecule has 0 spiro atoms. The van der Waals surface area contributed by atoms with Crippen LogP contribution in [0.25, 0.3) is 114 Å². The van der Waals surface area contributed by atoms with Gasteiger partial charge in [0.1, 0.15) is 0 Å². The maximum Gasteiger partial charge on any atom is 0.235 e. The van der Waals surface area contributed by atoms with E-state index in [0.29, 0.717) is 5.95 Å². The number of benzene rings is 9. The van der Waals surface area contributed by atoms with Gasteiger partial charge in [-0.25, -0.2) is 9.97 Å². The molecule has 1 aliphatic carbocycles. The molecular weight excluding hydrogens is 711 g/mol. The fraction of sp³-hybridized carbons (Fsp3) is 0.0566. The highest BCUT2D eigenvalue weighted by molar-refractivity contribution is 7.25. The highest BCUT2D eigenvalue weighted by Crippen LogP contribution is 2.52. The number of rotatable bonds is 2. The quantitative estimate of drug-likeness (QED) is 0.165. The van der Waals surface area contributed by atoms with Crippen molar-refractivity contribution in [3.8, 4) is 28.5 Å². The highest BCUT2D eigenvalue weighted by atomic mass is 32.1. The van der Waals surface area contributed by atoms with E-state index in [4.69, 9.17) is 9.97 Å². The smallest absolute Gasteiger partial charge is 0.235 e. The van der Waals surface area contributed by atoms with Crippen molar-refractivity contribution in [2.75, 3.05) is 0 Å². The Balaban J connectivity index is 1.21. The summed E-state index contributed by atoms with van der Waals surface area (Å²) >= 11 is 1.85. The topological polar surface area (TPSA) is 30.7 Å². The number of thiophene rings is 1. The Labute approximate surface area is 332 Å². The van der Waals surface area contributed by atoms with Crippen LogP contribution < -0.4 is 0 Å². The SMILES string of the molecule is CC1(C)c2ccccc2-c2nc(-n3c4cc5ccccc5cc4c4c5c6ccccc6c6ccccc6c5ccc43)nc(-c3ccc4sc5ccccc5c4c3)c21. The molecule has 0 N–H and O–H groups in total. The van der Waals surface area contributed by atoms with E-state index in [9.17, 15) is 0 Å². The Bertz CT molecular complexity index is 3700. The molecule has 0 saturated heterocycles. The van der Waals surface area contributed by atoms with Gasteiger partial charge in [-0.1, -0.05) is 141 Å². The van der Waals surface area contributed by atoms with Gasteiger partial charge in [-0.2, -0.15) is 0 Å². The summed E-state index contributed by atoms with van der Waals surface area (Å²) in [6.45, 7) is 4.66. The third-order valence-corrected chi connectivity index (χ3v) is 13.9. The highest BCUT2D eigenvalue weighted by Gasteiger charge is 2.40. The van der Waals surface area contributed by atoms with Crippen LogP contribution in [0.5, 0.6) is 0 Å². The number of hydrogen-bond donors (Lipinski definition) is 0. The van der Waals surface area contributed by atoms with Crippen LogP contribution in [0, 0.1) is 0 Å². The Morgan fingerprint density at radius 3 is 1.88 bits per heavy atom. The molecule has 12 aromatic rings. The summed E-state index contributed by atoms with van der Waals surface area (Å²) in [5.41, 5.74) is 8.67. The van der Waals surface area contributed by atoms with Crippen molar-refractivity contribution in [2.24, 2.45) is 0 Å². The van der Waals surface area contributed by atoms with Gasteiger partial charge in [-0.3, -0.25) is 4.57 Å². The lowest BCUT2D eigenvalue weighted by atomic mass is 9.81. The van der Waals surface area contributed by atoms with E-state index in [1.807, 2.05) is 11.3 Å². The second-order valence-corrected chi connectivity index (χ2v) is 17.2. The Kier molecular flexibility index (Phi) is 6.12. The van der Waals surface area contributed by atoms with Crippen LogP contribution in [-0.4, -0.2) is 14.5 Å². The van der Waals surface area contributed by atoms with Crippen molar-refractivity contribution >= 4 is 96.4 Å². The van der Waals surface area contributed by atoms with E-state index in [2.05, 4.69) is 182 Å². The molecule has 0 amide bonds. The molecule has 0 unspecified atom stereocenters. The molecular formula is C53H33N3S. The van der Waals surface area contributed by atoms with Gasteiger partial charge in [0.2, 0.25) is 5.95 Å². The molecule has 57 heavy (non-hydrogen) atoms. The molecule has 3 aromatic heterocycles. The van der Waals surface area contributed by atoms with Crippen LogP contribution in [0.4, 0.5) is 0 Å². The molecule has 0 bridgehead atoms. The molecule has 4 heteroatoms. The molecule has 0 atom stereocenters. The lowest BCUT2D eigenvalue weighted by Gasteiger charge is -2.24. The van der Waals surface area contributed by atoms with Crippen LogP contribution in [0.2, 0.25) is 0 Å². The molecule has 1 aliphatic rings. The summed E-state index contributed by atoms with van der Waals surface area (Å²) in [7, 11) is 0. The van der Waals surface area contributed by atoms with E-state index in [-0.39, 0.29) is 5.41 Å². The van der Waals surface area contributed by atoms with Crippen molar-refractivity contribution in [2.45, 2.75) is 19.3 Å². The molecule has 0 radical (unpaired) electrons. The van der Waals surface area contributed by atoms with Gasteiger partial charge < -0.3 is 0 Å². The van der Waals surface area contributed by atoms with Gasteiger partial charge >= 0.3 is 0 Å². The fourth-order valence-corrected chi connectivity index (χ4v) is 11.3. The molecule has 0 saturated carbocycles. The molecule has 266 valence electrons. The van der Waals surface area contributed by atoms with E-state index in [0.717, 1.165) is 28.0 Å². The maximum atomic E-state index is 5.73. The number of fused-ring (bicyclic) bond motifs is 17. The summed E-state index contributed by atoms with van der Waals surface area (Å²) < 4.78 is 4.93. The minimum Gasteiger partial charge on any atom is -0.278 e. The van der Waals surface area contributed by atoms with Crippen molar-refractivity contribution in [1.82, 2.24) is 14.5 Å². The van der Waals surface area contributed by atoms with Gasteiger partial charge in [0.05, 0.1) is 22.4 Å². The molecule has 9 aromatic carbocycles. The second kappa shape index (κ2) is 11.1. The maximum absolute atomic E-state index is 5.73. The zero-order chi connectivity index (χ0) is 37.6. The first kappa shape index (κ1) is 31.3. The molecule has 3 heterocycles. The monoisotopic (exact) mass is 743 g/mol. The van der Waals surface area contributed by atoms with Crippen LogP contribution in [-0.2, 0) is 5.41 Å². The van der Waals surface area contributed by atoms with Gasteiger partial charge in [-0.15, -0.1) is 11.3 Å². The number of hydrogen-bond acceptors (Lipinski definition) is 3. The first-order chi connectivity index (χ1) is 28.0. The Hall–Kier alpha value is -6.88. The minimum absolute atomic E-state index is 0.293. The molecule has 3 nitrogen and oxygen atoms in total. The average molecular weight is 744 g/mol. The zero-order valence-electron chi connectivity index (χ0n) is 31.3. The Morgan fingerprint density at radius 1 is 0.456 bits per heavy atom. The molecule has 0 aliphatic heterocycles. The number of nitrogens with zero attached hydrogens (tertiary/aromatic N) is 3. The van der Waals surface area contributed by atoms with Crippen LogP contribution in [0.3, 0.4) is 0 Å². The van der Waals surface area contributed by atoms with Gasteiger partial charge in [0.25, 0.3) is 0 Å². The first-order valence-electron chi connectivity index (χ1n) is 19.7. The summed E-state index contributed by atoms with van der Waals surface area (Å²) in [5.74, 6) is 0.686. The molecule has 0 fully saturated rings. The first-order valence-corrected chi connectivity index (χ1v) is 20.5. The van der Waals surface area contributed by atoms with Gasteiger partial charge in [0, 0.05) is 58.4 Å². The predicted octanol–water partition coefficient (Wildman–Crippen LogP) is 14.5. The third-order valence-electron chi connectivity index (χ3n) is 12.7. The van der Waals surface area contributed by atoms with Crippen molar-refractivity contribution < 1.29 is 0 Å². The number of aromatic nitrogens is 3. The lowest BCUT2D eigenvalue weighted by Crippen LogP contribution is -2.18. The van der Waals surface area contributed by atoms with Crippen LogP contribution in [0.1, 0.15) is 25.0 Å². The summed E-state index contributed by atoms with van der Waals surface area (Å²) in [4.78, 5) is 11.4. The normalized spacial score (nSPS) is 13.6.